The number of piperidine rings is 1. The number of nitrogens with zero attached hydrogens (tertiary/aromatic N) is 1. The van der Waals surface area contributed by atoms with Gasteiger partial charge in [0, 0.05) is 30.4 Å². The van der Waals surface area contributed by atoms with E-state index in [4.69, 9.17) is 0 Å². The lowest BCUT2D eigenvalue weighted by Gasteiger charge is -2.35. The molecule has 0 amide bonds. The summed E-state index contributed by atoms with van der Waals surface area (Å²) in [5.41, 5.74) is 0. The number of likely N-dealkylation sites (N-methyl/N-ethyl adjacent to an activating group) is 1. The first-order chi connectivity index (χ1) is 9.58. The van der Waals surface area contributed by atoms with Crippen LogP contribution in [0.15, 0.2) is 0 Å². The summed E-state index contributed by atoms with van der Waals surface area (Å²) in [7, 11) is -1.47. The first kappa shape index (κ1) is 16.5. The van der Waals surface area contributed by atoms with E-state index in [1.54, 1.807) is 16.1 Å². The monoisotopic (exact) mass is 321 g/mol. The average molecular weight is 322 g/mol. The van der Waals surface area contributed by atoms with E-state index in [9.17, 15) is 8.42 Å². The van der Waals surface area contributed by atoms with Crippen LogP contribution in [0.1, 0.15) is 38.5 Å². The largest absolute Gasteiger partial charge is 0.318 e. The van der Waals surface area contributed by atoms with Crippen molar-refractivity contribution in [3.05, 3.63) is 0 Å². The third-order valence-corrected chi connectivity index (χ3v) is 7.25. The normalized spacial score (nSPS) is 32.6. The van der Waals surface area contributed by atoms with E-state index in [0.29, 0.717) is 11.8 Å². The van der Waals surface area contributed by atoms with Gasteiger partial charge in [0.05, 0.1) is 0 Å². The average Bonchev–Trinajstić information content (AvgIpc) is 2.86. The van der Waals surface area contributed by atoms with Crippen LogP contribution in [0.25, 0.3) is 0 Å². The van der Waals surface area contributed by atoms with Gasteiger partial charge in [-0.3, -0.25) is 0 Å². The molecule has 0 bridgehead atoms. The molecule has 0 radical (unpaired) electrons. The van der Waals surface area contributed by atoms with Gasteiger partial charge in [-0.15, -0.1) is 0 Å². The van der Waals surface area contributed by atoms with Gasteiger partial charge in [0.1, 0.15) is 0 Å². The predicted octanol–water partition coefficient (Wildman–Crippen LogP) is 1.18. The molecule has 0 aromatic rings. The van der Waals surface area contributed by atoms with Crippen molar-refractivity contribution in [3.8, 4) is 0 Å². The van der Waals surface area contributed by atoms with Crippen LogP contribution in [0.3, 0.4) is 0 Å². The van der Waals surface area contributed by atoms with Crippen molar-refractivity contribution >= 4 is 22.0 Å². The molecule has 1 saturated heterocycles. The number of thioether (sulfide) groups is 1. The maximum absolute atomic E-state index is 12.7. The lowest BCUT2D eigenvalue weighted by Crippen LogP contribution is -2.54. The predicted molar refractivity (Wildman–Crippen MR) is 85.3 cm³/mol. The van der Waals surface area contributed by atoms with Gasteiger partial charge in [-0.25, -0.2) is 0 Å². The van der Waals surface area contributed by atoms with E-state index in [-0.39, 0.29) is 12.1 Å². The van der Waals surface area contributed by atoms with Crippen molar-refractivity contribution in [2.75, 3.05) is 26.4 Å². The minimum atomic E-state index is -3.35. The topological polar surface area (TPSA) is 61.4 Å². The van der Waals surface area contributed by atoms with Crippen LogP contribution in [-0.4, -0.2) is 56.4 Å². The molecule has 2 N–H and O–H groups in total. The Morgan fingerprint density at radius 3 is 2.70 bits per heavy atom. The summed E-state index contributed by atoms with van der Waals surface area (Å²) in [6.07, 6.45) is 8.33. The highest BCUT2D eigenvalue weighted by atomic mass is 32.2. The Hall–Kier alpha value is 0.180. The summed E-state index contributed by atoms with van der Waals surface area (Å²) in [4.78, 5) is 0. The van der Waals surface area contributed by atoms with Gasteiger partial charge < -0.3 is 5.32 Å². The summed E-state index contributed by atoms with van der Waals surface area (Å²) in [5, 5.41) is 3.54. The van der Waals surface area contributed by atoms with Crippen molar-refractivity contribution in [2.45, 2.75) is 55.9 Å². The smallest absolute Gasteiger partial charge is 0.280 e. The van der Waals surface area contributed by atoms with Crippen LogP contribution in [0.2, 0.25) is 0 Å². The number of hydrogen-bond acceptors (Lipinski definition) is 4. The second-order valence-electron chi connectivity index (χ2n) is 5.75. The Kier molecular flexibility index (Phi) is 6.16. The second kappa shape index (κ2) is 7.45. The molecule has 3 atom stereocenters. The van der Waals surface area contributed by atoms with Crippen LogP contribution >= 0.6 is 11.8 Å². The van der Waals surface area contributed by atoms with Crippen molar-refractivity contribution in [3.63, 3.8) is 0 Å². The summed E-state index contributed by atoms with van der Waals surface area (Å²) < 4.78 is 30.0. The highest BCUT2D eigenvalue weighted by molar-refractivity contribution is 7.99. The molecule has 20 heavy (non-hydrogen) atoms. The summed E-state index contributed by atoms with van der Waals surface area (Å²) in [6.45, 7) is 1.38. The molecule has 3 unspecified atom stereocenters. The molecule has 1 aliphatic carbocycles. The van der Waals surface area contributed by atoms with Crippen LogP contribution < -0.4 is 10.0 Å². The fraction of sp³-hybridized carbons (Fsp3) is 1.00. The van der Waals surface area contributed by atoms with Gasteiger partial charge in [-0.05, 0) is 39.0 Å². The summed E-state index contributed by atoms with van der Waals surface area (Å²) >= 11 is 1.78. The van der Waals surface area contributed by atoms with Crippen LogP contribution in [0.5, 0.6) is 0 Å². The third-order valence-electron chi connectivity index (χ3n) is 4.38. The number of rotatable bonds is 6. The Bertz CT molecular complexity index is 400. The molecule has 0 aromatic heterocycles. The van der Waals surface area contributed by atoms with E-state index in [0.717, 1.165) is 45.1 Å². The molecule has 1 saturated carbocycles. The minimum absolute atomic E-state index is 0.0976. The molecule has 2 fully saturated rings. The molecule has 5 nitrogen and oxygen atoms in total. The van der Waals surface area contributed by atoms with Gasteiger partial charge in [-0.1, -0.05) is 12.8 Å². The van der Waals surface area contributed by atoms with E-state index >= 15 is 0 Å². The highest BCUT2D eigenvalue weighted by Gasteiger charge is 2.36. The highest BCUT2D eigenvalue weighted by Crippen LogP contribution is 2.29. The standard InChI is InChI=1S/C13H27N3O2S2/c1-14-10-11-6-3-4-9-16(11)20(17,18)15-12-7-5-8-13(12)19-2/h11-15H,3-10H2,1-2H3. The maximum atomic E-state index is 12.7. The molecular formula is C13H27N3O2S2. The van der Waals surface area contributed by atoms with Crippen LogP contribution in [0.4, 0.5) is 0 Å². The molecule has 2 rings (SSSR count). The van der Waals surface area contributed by atoms with Crippen molar-refractivity contribution in [1.82, 2.24) is 14.3 Å². The Labute approximate surface area is 127 Å². The summed E-state index contributed by atoms with van der Waals surface area (Å²) in [6, 6.07) is 0.201. The molecule has 0 aromatic carbocycles. The van der Waals surface area contributed by atoms with Crippen LogP contribution in [-0.2, 0) is 10.2 Å². The van der Waals surface area contributed by atoms with E-state index < -0.39 is 10.2 Å². The number of hydrogen-bond donors (Lipinski definition) is 2. The van der Waals surface area contributed by atoms with Crippen molar-refractivity contribution in [2.24, 2.45) is 0 Å². The van der Waals surface area contributed by atoms with Crippen LogP contribution in [0, 0.1) is 0 Å². The molecule has 118 valence electrons. The van der Waals surface area contributed by atoms with E-state index in [1.165, 1.54) is 0 Å². The lowest BCUT2D eigenvalue weighted by atomic mass is 10.1. The van der Waals surface area contributed by atoms with Crippen molar-refractivity contribution in [1.29, 1.82) is 0 Å². The van der Waals surface area contributed by atoms with Gasteiger partial charge in [-0.2, -0.15) is 29.2 Å². The van der Waals surface area contributed by atoms with Gasteiger partial charge in [0.25, 0.3) is 10.2 Å². The second-order valence-corrected chi connectivity index (χ2v) is 8.48. The quantitative estimate of drug-likeness (QED) is 0.771. The molecule has 1 aliphatic heterocycles. The van der Waals surface area contributed by atoms with Gasteiger partial charge in [0.15, 0.2) is 0 Å². The van der Waals surface area contributed by atoms with E-state index in [1.807, 2.05) is 7.05 Å². The lowest BCUT2D eigenvalue weighted by molar-refractivity contribution is 0.245. The first-order valence-corrected chi connectivity index (χ1v) is 10.3. The maximum Gasteiger partial charge on any atom is 0.280 e. The fourth-order valence-electron chi connectivity index (χ4n) is 3.33. The third kappa shape index (κ3) is 3.88. The molecule has 7 heteroatoms. The Morgan fingerprint density at radius 2 is 2.00 bits per heavy atom. The minimum Gasteiger partial charge on any atom is -0.318 e. The zero-order valence-electron chi connectivity index (χ0n) is 12.5. The zero-order valence-corrected chi connectivity index (χ0v) is 14.1. The van der Waals surface area contributed by atoms with Crippen molar-refractivity contribution < 1.29 is 8.42 Å². The Morgan fingerprint density at radius 1 is 1.20 bits per heavy atom. The molecule has 1 heterocycles. The molecule has 2 aliphatic rings. The molecular weight excluding hydrogens is 294 g/mol. The number of nitrogens with one attached hydrogen (secondary N) is 2. The first-order valence-electron chi connectivity index (χ1n) is 7.55. The fourth-order valence-corrected chi connectivity index (χ4v) is 6.10. The summed E-state index contributed by atoms with van der Waals surface area (Å²) in [5.74, 6) is 0. The van der Waals surface area contributed by atoms with E-state index in [2.05, 4.69) is 16.3 Å². The Balaban J connectivity index is 2.04. The van der Waals surface area contributed by atoms with Gasteiger partial charge >= 0.3 is 0 Å². The SMILES string of the molecule is CNCC1CCCCN1S(=O)(=O)NC1CCCC1SC. The molecule has 0 spiro atoms. The zero-order chi connectivity index (χ0) is 14.6. The van der Waals surface area contributed by atoms with Gasteiger partial charge in [0.2, 0.25) is 0 Å².